The van der Waals surface area contributed by atoms with Crippen LogP contribution in [0.25, 0.3) is 0 Å². The van der Waals surface area contributed by atoms with Crippen molar-refractivity contribution in [3.63, 3.8) is 0 Å². The molecule has 2 rings (SSSR count). The molecule has 26 heavy (non-hydrogen) atoms. The van der Waals surface area contributed by atoms with E-state index in [0.29, 0.717) is 22.2 Å². The Kier molecular flexibility index (Phi) is 6.21. The maximum Gasteiger partial charge on any atom is 0.347 e. The third kappa shape index (κ3) is 4.51. The summed E-state index contributed by atoms with van der Waals surface area (Å²) in [7, 11) is 6.10. The van der Waals surface area contributed by atoms with E-state index in [-0.39, 0.29) is 12.5 Å². The number of quaternary nitrogens is 1. The van der Waals surface area contributed by atoms with E-state index in [2.05, 4.69) is 0 Å². The highest BCUT2D eigenvalue weighted by Crippen LogP contribution is 2.36. The van der Waals surface area contributed by atoms with E-state index in [0.717, 1.165) is 5.56 Å². The molecule has 0 heterocycles. The lowest BCUT2D eigenvalue weighted by molar-refractivity contribution is -0.870. The van der Waals surface area contributed by atoms with E-state index in [1.165, 1.54) is 0 Å². The van der Waals surface area contributed by atoms with Crippen molar-refractivity contribution in [1.29, 1.82) is 0 Å². The first-order valence-corrected chi connectivity index (χ1v) is 9.01. The van der Waals surface area contributed by atoms with E-state index in [1.54, 1.807) is 12.1 Å². The third-order valence-electron chi connectivity index (χ3n) is 4.45. The lowest BCUT2D eigenvalue weighted by Crippen LogP contribution is -2.42. The van der Waals surface area contributed by atoms with Gasteiger partial charge in [0.25, 0.3) is 0 Å². The molecule has 0 amide bonds. The highest BCUT2D eigenvalue weighted by atomic mass is 16.5. The van der Waals surface area contributed by atoms with E-state index in [4.69, 9.17) is 4.74 Å². The van der Waals surface area contributed by atoms with Gasteiger partial charge in [-0.2, -0.15) is 0 Å². The van der Waals surface area contributed by atoms with Crippen molar-refractivity contribution >= 4 is 5.97 Å². The number of hydrogen-bond donors (Lipinski definition) is 1. The summed E-state index contributed by atoms with van der Waals surface area (Å²) < 4.78 is 6.20. The molecule has 4 heteroatoms. The van der Waals surface area contributed by atoms with Crippen LogP contribution in [0.3, 0.4) is 0 Å². The maximum absolute atomic E-state index is 13.0. The summed E-state index contributed by atoms with van der Waals surface area (Å²) in [5, 5.41) is 11.6. The average molecular weight is 356 g/mol. The fraction of sp³-hybridized carbons (Fsp3) is 0.409. The zero-order valence-electron chi connectivity index (χ0n) is 16.4. The Labute approximate surface area is 156 Å². The first-order chi connectivity index (χ1) is 12.2. The Morgan fingerprint density at radius 1 is 1.04 bits per heavy atom. The molecule has 0 aliphatic rings. The minimum absolute atomic E-state index is 0.167. The van der Waals surface area contributed by atoms with Gasteiger partial charge in [0.2, 0.25) is 5.60 Å². The third-order valence-corrected chi connectivity index (χ3v) is 4.45. The summed E-state index contributed by atoms with van der Waals surface area (Å²) in [6, 6.07) is 16.5. The summed E-state index contributed by atoms with van der Waals surface area (Å²) in [4.78, 5) is 13.0. The Morgan fingerprint density at radius 2 is 1.62 bits per heavy atom. The molecule has 1 N–H and O–H groups in total. The molecule has 0 fully saturated rings. The first kappa shape index (κ1) is 20.1. The van der Waals surface area contributed by atoms with Gasteiger partial charge in [-0.05, 0) is 17.0 Å². The van der Waals surface area contributed by atoms with E-state index in [9.17, 15) is 9.90 Å². The van der Waals surface area contributed by atoms with Crippen LogP contribution in [0.5, 0.6) is 0 Å². The number of benzene rings is 2. The second-order valence-corrected chi connectivity index (χ2v) is 7.97. The minimum Gasteiger partial charge on any atom is -0.457 e. The van der Waals surface area contributed by atoms with Crippen LogP contribution in [-0.4, -0.2) is 49.9 Å². The van der Waals surface area contributed by atoms with Crippen LogP contribution in [0.4, 0.5) is 0 Å². The number of esters is 1. The van der Waals surface area contributed by atoms with E-state index in [1.807, 2.05) is 77.5 Å². The first-order valence-electron chi connectivity index (χ1n) is 9.01. The van der Waals surface area contributed by atoms with Gasteiger partial charge in [0.05, 0.1) is 21.1 Å². The summed E-state index contributed by atoms with van der Waals surface area (Å²) in [6.07, 6.45) is 0. The molecule has 0 aliphatic heterocycles. The molecule has 0 saturated heterocycles. The van der Waals surface area contributed by atoms with Crippen LogP contribution in [0, 0.1) is 0 Å². The lowest BCUT2D eigenvalue weighted by Gasteiger charge is -2.31. The van der Waals surface area contributed by atoms with Gasteiger partial charge in [-0.25, -0.2) is 4.79 Å². The number of rotatable bonds is 7. The van der Waals surface area contributed by atoms with Crippen molar-refractivity contribution in [3.05, 3.63) is 71.3 Å². The van der Waals surface area contributed by atoms with Crippen LogP contribution in [0.1, 0.15) is 36.5 Å². The number of likely N-dealkylation sites (N-methyl/N-ethyl adjacent to an activating group) is 1. The number of carbonyl (C=O) groups excluding carboxylic acids is 1. The molecule has 0 saturated carbocycles. The Hall–Kier alpha value is -2.17. The number of hydrogen-bond acceptors (Lipinski definition) is 3. The van der Waals surface area contributed by atoms with E-state index >= 15 is 0 Å². The van der Waals surface area contributed by atoms with Crippen molar-refractivity contribution < 1.29 is 19.1 Å². The van der Waals surface area contributed by atoms with Crippen molar-refractivity contribution in [2.75, 3.05) is 34.3 Å². The molecule has 0 bridgehead atoms. The second-order valence-electron chi connectivity index (χ2n) is 7.97. The van der Waals surface area contributed by atoms with Gasteiger partial charge in [-0.1, -0.05) is 68.4 Å². The predicted octanol–water partition coefficient (Wildman–Crippen LogP) is 3.30. The predicted molar refractivity (Wildman–Crippen MR) is 104 cm³/mol. The molecule has 140 valence electrons. The number of ether oxygens (including phenoxy) is 1. The highest BCUT2D eigenvalue weighted by Gasteiger charge is 2.43. The minimum atomic E-state index is -1.83. The Morgan fingerprint density at radius 3 is 2.19 bits per heavy atom. The van der Waals surface area contributed by atoms with Crippen LogP contribution >= 0.6 is 0 Å². The lowest BCUT2D eigenvalue weighted by atomic mass is 9.81. The quantitative estimate of drug-likeness (QED) is 0.612. The summed E-state index contributed by atoms with van der Waals surface area (Å²) in [5.74, 6) is -0.467. The highest BCUT2D eigenvalue weighted by molar-refractivity contribution is 5.86. The van der Waals surface area contributed by atoms with Gasteiger partial charge in [-0.15, -0.1) is 0 Å². The second kappa shape index (κ2) is 8.02. The number of aliphatic hydroxyl groups is 1. The van der Waals surface area contributed by atoms with Crippen LogP contribution in [-0.2, 0) is 15.1 Å². The molecule has 0 aliphatic carbocycles. The summed E-state index contributed by atoms with van der Waals surface area (Å²) in [6.45, 7) is 5.02. The number of nitrogens with zero attached hydrogens (tertiary/aromatic N) is 1. The normalized spacial score (nSPS) is 14.1. The van der Waals surface area contributed by atoms with Crippen molar-refractivity contribution in [1.82, 2.24) is 0 Å². The van der Waals surface area contributed by atoms with Gasteiger partial charge in [0.1, 0.15) is 13.2 Å². The van der Waals surface area contributed by atoms with Crippen LogP contribution < -0.4 is 0 Å². The molecular weight excluding hydrogens is 326 g/mol. The van der Waals surface area contributed by atoms with Crippen molar-refractivity contribution in [2.24, 2.45) is 0 Å². The van der Waals surface area contributed by atoms with Crippen LogP contribution in [0.2, 0.25) is 0 Å². The van der Waals surface area contributed by atoms with Crippen molar-refractivity contribution in [2.45, 2.75) is 25.4 Å². The smallest absolute Gasteiger partial charge is 0.347 e. The molecule has 0 spiro atoms. The average Bonchev–Trinajstić information content (AvgIpc) is 2.60. The monoisotopic (exact) mass is 356 g/mol. The molecular formula is C22H30NO3+. The summed E-state index contributed by atoms with van der Waals surface area (Å²) in [5.41, 5.74) is 0.203. The largest absolute Gasteiger partial charge is 0.457 e. The molecule has 1 atom stereocenters. The van der Waals surface area contributed by atoms with Gasteiger partial charge in [0.15, 0.2) is 0 Å². The Balaban J connectivity index is 2.46. The topological polar surface area (TPSA) is 46.5 Å². The summed E-state index contributed by atoms with van der Waals surface area (Å²) >= 11 is 0. The molecule has 2 aromatic carbocycles. The zero-order valence-corrected chi connectivity index (χ0v) is 16.4. The SMILES string of the molecule is CC(C)c1ccccc1C(O)(C(=O)OCC[N+](C)(C)C)c1ccccc1. The molecule has 0 radical (unpaired) electrons. The molecule has 0 aromatic heterocycles. The van der Waals surface area contributed by atoms with Crippen LogP contribution in [0.15, 0.2) is 54.6 Å². The van der Waals surface area contributed by atoms with Gasteiger partial charge in [0, 0.05) is 5.56 Å². The standard InChI is InChI=1S/C22H30NO3/c1-17(2)19-13-9-10-14-20(19)22(25,18-11-7-6-8-12-18)21(24)26-16-15-23(3,4)5/h6-14,17,25H,15-16H2,1-5H3/q+1. The fourth-order valence-electron chi connectivity index (χ4n) is 2.91. The van der Waals surface area contributed by atoms with E-state index < -0.39 is 11.6 Å². The number of carbonyl (C=O) groups is 1. The van der Waals surface area contributed by atoms with Crippen molar-refractivity contribution in [3.8, 4) is 0 Å². The molecule has 1 unspecified atom stereocenters. The van der Waals surface area contributed by atoms with Gasteiger partial charge < -0.3 is 14.3 Å². The molecule has 2 aromatic rings. The molecule has 4 nitrogen and oxygen atoms in total. The zero-order chi connectivity index (χ0) is 19.4. The van der Waals surface area contributed by atoms with Gasteiger partial charge in [-0.3, -0.25) is 0 Å². The maximum atomic E-state index is 13.0. The Bertz CT molecular complexity index is 735. The fourth-order valence-corrected chi connectivity index (χ4v) is 2.91. The van der Waals surface area contributed by atoms with Gasteiger partial charge >= 0.3 is 5.97 Å².